The minimum atomic E-state index is -0.145. The lowest BCUT2D eigenvalue weighted by Gasteiger charge is -2.21. The van der Waals surface area contributed by atoms with Crippen molar-refractivity contribution in [1.82, 2.24) is 9.78 Å². The molecule has 1 aromatic carbocycles. The van der Waals surface area contributed by atoms with Crippen molar-refractivity contribution >= 4 is 5.69 Å². The lowest BCUT2D eigenvalue weighted by atomic mass is 10.1. The van der Waals surface area contributed by atoms with Gasteiger partial charge in [-0.1, -0.05) is 0 Å². The van der Waals surface area contributed by atoms with Gasteiger partial charge in [-0.25, -0.2) is 4.68 Å². The van der Waals surface area contributed by atoms with Crippen LogP contribution in [0.25, 0.3) is 0 Å². The second kappa shape index (κ2) is 4.97. The van der Waals surface area contributed by atoms with E-state index in [1.54, 1.807) is 18.3 Å². The highest BCUT2D eigenvalue weighted by Crippen LogP contribution is 2.30. The molecule has 0 saturated carbocycles. The summed E-state index contributed by atoms with van der Waals surface area (Å²) in [6, 6.07) is 5.18. The van der Waals surface area contributed by atoms with E-state index >= 15 is 0 Å². The Morgan fingerprint density at radius 1 is 1.40 bits per heavy atom. The molecule has 6 nitrogen and oxygen atoms in total. The van der Waals surface area contributed by atoms with Gasteiger partial charge in [0.05, 0.1) is 19.3 Å². The van der Waals surface area contributed by atoms with Crippen LogP contribution in [0.4, 0.5) is 5.69 Å². The third kappa shape index (κ3) is 2.37. The van der Waals surface area contributed by atoms with Gasteiger partial charge < -0.3 is 15.2 Å². The molecule has 0 radical (unpaired) electrons. The number of hydrogen-bond acceptors (Lipinski definition) is 5. The fraction of sp³-hybridized carbons (Fsp3) is 0.286. The van der Waals surface area contributed by atoms with Crippen LogP contribution in [0.15, 0.2) is 29.2 Å². The minimum absolute atomic E-state index is 0.145. The van der Waals surface area contributed by atoms with Gasteiger partial charge in [-0.05, 0) is 24.6 Å². The van der Waals surface area contributed by atoms with Gasteiger partial charge in [0.1, 0.15) is 5.75 Å². The van der Waals surface area contributed by atoms with Crippen molar-refractivity contribution in [2.75, 3.05) is 12.5 Å². The lowest BCUT2D eigenvalue weighted by Crippen LogP contribution is -2.24. The van der Waals surface area contributed by atoms with Crippen molar-refractivity contribution in [2.24, 2.45) is 0 Å². The van der Waals surface area contributed by atoms with Crippen molar-refractivity contribution in [1.29, 1.82) is 0 Å². The summed E-state index contributed by atoms with van der Waals surface area (Å²) in [7, 11) is 0. The van der Waals surface area contributed by atoms with Gasteiger partial charge in [-0.2, -0.15) is 5.10 Å². The van der Waals surface area contributed by atoms with E-state index in [1.807, 2.05) is 13.0 Å². The van der Waals surface area contributed by atoms with Gasteiger partial charge in [0.15, 0.2) is 6.79 Å². The maximum Gasteiger partial charge on any atom is 0.267 e. The average Bonchev–Trinajstić information content (AvgIpc) is 2.41. The zero-order valence-corrected chi connectivity index (χ0v) is 11.1. The van der Waals surface area contributed by atoms with E-state index in [4.69, 9.17) is 15.2 Å². The molecule has 0 fully saturated rings. The summed E-state index contributed by atoms with van der Waals surface area (Å²) in [6.07, 6.45) is 1.66. The first-order valence-electron chi connectivity index (χ1n) is 6.29. The summed E-state index contributed by atoms with van der Waals surface area (Å²) in [4.78, 5) is 11.9. The Bertz CT molecular complexity index is 709. The Hall–Kier alpha value is -2.34. The SMILES string of the molecule is Cc1cnn(Cc2cc(N)cc3c2OCOC3)c(=O)c1. The first kappa shape index (κ1) is 12.7. The standard InChI is InChI=1S/C14H15N3O3/c1-9-2-13(18)17(16-5-9)6-10-3-12(15)4-11-7-19-8-20-14(10)11/h2-5H,6-8,15H2,1H3. The first-order valence-corrected chi connectivity index (χ1v) is 6.29. The molecule has 104 valence electrons. The number of benzene rings is 1. The van der Waals surface area contributed by atoms with Gasteiger partial charge in [-0.15, -0.1) is 0 Å². The van der Waals surface area contributed by atoms with Crippen LogP contribution >= 0.6 is 0 Å². The highest BCUT2D eigenvalue weighted by atomic mass is 16.7. The van der Waals surface area contributed by atoms with Gasteiger partial charge in [0.25, 0.3) is 5.56 Å². The Balaban J connectivity index is 2.02. The van der Waals surface area contributed by atoms with E-state index in [0.29, 0.717) is 18.8 Å². The van der Waals surface area contributed by atoms with Crippen LogP contribution in [0.1, 0.15) is 16.7 Å². The molecule has 0 amide bonds. The second-order valence-corrected chi connectivity index (χ2v) is 4.81. The molecule has 1 aliphatic heterocycles. The third-order valence-electron chi connectivity index (χ3n) is 3.14. The second-order valence-electron chi connectivity index (χ2n) is 4.81. The molecule has 0 aliphatic carbocycles. The maximum absolute atomic E-state index is 11.9. The van der Waals surface area contributed by atoms with Gasteiger partial charge >= 0.3 is 0 Å². The molecule has 1 aliphatic rings. The number of nitrogen functional groups attached to an aromatic ring is 1. The van der Waals surface area contributed by atoms with Crippen molar-refractivity contribution in [3.8, 4) is 5.75 Å². The summed E-state index contributed by atoms with van der Waals surface area (Å²) >= 11 is 0. The van der Waals surface area contributed by atoms with E-state index < -0.39 is 0 Å². The maximum atomic E-state index is 11.9. The van der Waals surface area contributed by atoms with E-state index in [9.17, 15) is 4.79 Å². The fourth-order valence-corrected chi connectivity index (χ4v) is 2.25. The summed E-state index contributed by atoms with van der Waals surface area (Å²) in [5.74, 6) is 0.736. The van der Waals surface area contributed by atoms with Crippen LogP contribution in [-0.2, 0) is 17.9 Å². The molecule has 0 saturated heterocycles. The normalized spacial score (nSPS) is 13.7. The molecule has 6 heteroatoms. The van der Waals surface area contributed by atoms with Gasteiger partial charge in [0.2, 0.25) is 0 Å². The Morgan fingerprint density at radius 2 is 2.25 bits per heavy atom. The number of rotatable bonds is 2. The topological polar surface area (TPSA) is 79.4 Å². The van der Waals surface area contributed by atoms with Crippen LogP contribution in [0.3, 0.4) is 0 Å². The highest BCUT2D eigenvalue weighted by molar-refractivity contribution is 5.53. The number of hydrogen-bond donors (Lipinski definition) is 1. The van der Waals surface area contributed by atoms with Crippen LogP contribution < -0.4 is 16.0 Å². The Morgan fingerprint density at radius 3 is 3.05 bits per heavy atom. The highest BCUT2D eigenvalue weighted by Gasteiger charge is 2.17. The zero-order valence-electron chi connectivity index (χ0n) is 11.1. The molecule has 0 atom stereocenters. The zero-order chi connectivity index (χ0) is 14.1. The van der Waals surface area contributed by atoms with Crippen LogP contribution in [0.2, 0.25) is 0 Å². The molecular weight excluding hydrogens is 258 g/mol. The van der Waals surface area contributed by atoms with Crippen LogP contribution in [-0.4, -0.2) is 16.6 Å². The van der Waals surface area contributed by atoms with Crippen molar-refractivity contribution in [3.05, 3.63) is 51.4 Å². The van der Waals surface area contributed by atoms with E-state index in [0.717, 1.165) is 22.4 Å². The largest absolute Gasteiger partial charge is 0.467 e. The van der Waals surface area contributed by atoms with Crippen molar-refractivity contribution in [3.63, 3.8) is 0 Å². The molecular formula is C14H15N3O3. The van der Waals surface area contributed by atoms with Crippen molar-refractivity contribution < 1.29 is 9.47 Å². The minimum Gasteiger partial charge on any atom is -0.467 e. The number of nitrogens with two attached hydrogens (primary N) is 1. The van der Waals surface area contributed by atoms with E-state index in [1.165, 1.54) is 4.68 Å². The summed E-state index contributed by atoms with van der Waals surface area (Å²) in [5.41, 5.74) is 8.92. The van der Waals surface area contributed by atoms with Crippen LogP contribution in [0.5, 0.6) is 5.75 Å². The molecule has 2 aromatic rings. The Labute approximate surface area is 115 Å². The molecule has 0 spiro atoms. The fourth-order valence-electron chi connectivity index (χ4n) is 2.25. The van der Waals surface area contributed by atoms with E-state index in [2.05, 4.69) is 5.10 Å². The number of aryl methyl sites for hydroxylation is 1. The third-order valence-corrected chi connectivity index (χ3v) is 3.14. The monoisotopic (exact) mass is 273 g/mol. The predicted molar refractivity (Wildman–Crippen MR) is 73.5 cm³/mol. The van der Waals surface area contributed by atoms with Gasteiger partial charge in [-0.3, -0.25) is 4.79 Å². The number of nitrogens with zero attached hydrogens (tertiary/aromatic N) is 2. The quantitative estimate of drug-likeness (QED) is 0.827. The van der Waals surface area contributed by atoms with Crippen LogP contribution in [0, 0.1) is 6.92 Å². The molecule has 2 N–H and O–H groups in total. The molecule has 0 bridgehead atoms. The van der Waals surface area contributed by atoms with Gasteiger partial charge in [0, 0.05) is 22.9 Å². The molecule has 3 rings (SSSR count). The van der Waals surface area contributed by atoms with Crippen molar-refractivity contribution in [2.45, 2.75) is 20.1 Å². The molecule has 0 unspecified atom stereocenters. The summed E-state index contributed by atoms with van der Waals surface area (Å²) in [5, 5.41) is 4.13. The number of ether oxygens (including phenoxy) is 2. The number of anilines is 1. The first-order chi connectivity index (χ1) is 9.63. The predicted octanol–water partition coefficient (Wildman–Crippen LogP) is 1.05. The summed E-state index contributed by atoms with van der Waals surface area (Å²) in [6.45, 7) is 2.83. The number of fused-ring (bicyclic) bond motifs is 1. The Kier molecular flexibility index (Phi) is 3.15. The molecule has 2 heterocycles. The lowest BCUT2D eigenvalue weighted by molar-refractivity contribution is -0.0170. The average molecular weight is 273 g/mol. The van der Waals surface area contributed by atoms with E-state index in [-0.39, 0.29) is 12.4 Å². The number of aromatic nitrogens is 2. The molecule has 1 aromatic heterocycles. The smallest absolute Gasteiger partial charge is 0.267 e. The summed E-state index contributed by atoms with van der Waals surface area (Å²) < 4.78 is 12.1. The molecule has 20 heavy (non-hydrogen) atoms.